The zero-order valence-corrected chi connectivity index (χ0v) is 24.7. The molecule has 9 nitrogen and oxygen atoms in total. The number of esters is 2. The first-order chi connectivity index (χ1) is 22.2. The Labute approximate surface area is 266 Å². The van der Waals surface area contributed by atoms with Crippen LogP contribution < -0.4 is 5.32 Å². The van der Waals surface area contributed by atoms with Crippen molar-refractivity contribution in [3.63, 3.8) is 0 Å². The molecule has 0 spiro atoms. The number of rotatable bonds is 14. The lowest BCUT2D eigenvalue weighted by Gasteiger charge is -2.39. The van der Waals surface area contributed by atoms with E-state index >= 15 is 0 Å². The van der Waals surface area contributed by atoms with Gasteiger partial charge in [-0.25, -0.2) is 9.59 Å². The van der Waals surface area contributed by atoms with Crippen LogP contribution in [-0.4, -0.2) is 65.9 Å². The minimum Gasteiger partial charge on any atom is -0.462 e. The number of halogens is 13. The summed E-state index contributed by atoms with van der Waals surface area (Å²) in [5.41, 5.74) is -1.72. The Morgan fingerprint density at radius 1 is 0.837 bits per heavy atom. The fraction of sp³-hybridized carbons (Fsp3) is 0.519. The van der Waals surface area contributed by atoms with Crippen LogP contribution in [0.4, 0.5) is 62.8 Å². The van der Waals surface area contributed by atoms with Crippen molar-refractivity contribution >= 4 is 17.6 Å². The molecule has 22 heteroatoms. The van der Waals surface area contributed by atoms with Gasteiger partial charge in [-0.1, -0.05) is 12.1 Å². The first-order valence-corrected chi connectivity index (χ1v) is 13.3. The highest BCUT2D eigenvalue weighted by Crippen LogP contribution is 2.60. The lowest BCUT2D eigenvalue weighted by atomic mass is 9.80. The van der Waals surface area contributed by atoms with E-state index in [1.165, 1.54) is 19.9 Å². The molecule has 0 amide bonds. The highest BCUT2D eigenvalue weighted by molar-refractivity contribution is 6.00. The van der Waals surface area contributed by atoms with E-state index in [4.69, 9.17) is 14.7 Å². The van der Waals surface area contributed by atoms with Gasteiger partial charge < -0.3 is 14.8 Å². The maximum absolute atomic E-state index is 14.2. The molecule has 2 rings (SSSR count). The standard InChI is InChI=1S/C27H22F13N3O6/c1-13-17(19(15-6-3-7-16(12-15)43(46)47)18(14(2)42-13)21(45)49-11-5-9-41)20(44)48-10-4-8-22(28,29)23(30,31)24(32,33)25(34,35)26(36,37)27(38,39)40/h3,6-7,12,19,42H,4-5,8,10-11H2,1-2H3. The van der Waals surface area contributed by atoms with E-state index in [9.17, 15) is 76.8 Å². The van der Waals surface area contributed by atoms with Crippen molar-refractivity contribution in [2.24, 2.45) is 0 Å². The Kier molecular flexibility index (Phi) is 11.7. The molecule has 1 N–H and O–H groups in total. The minimum absolute atomic E-state index is 0.0169. The van der Waals surface area contributed by atoms with Crippen molar-refractivity contribution in [1.29, 1.82) is 5.26 Å². The molecule has 0 saturated carbocycles. The third kappa shape index (κ3) is 7.54. The number of dihydropyridines is 1. The number of benzene rings is 1. The Hall–Kier alpha value is -4.58. The summed E-state index contributed by atoms with van der Waals surface area (Å²) in [5.74, 6) is -42.1. The molecule has 1 aliphatic rings. The predicted octanol–water partition coefficient (Wildman–Crippen LogP) is 7.35. The van der Waals surface area contributed by atoms with Crippen molar-refractivity contribution < 1.29 is 81.1 Å². The van der Waals surface area contributed by atoms with Crippen LogP contribution in [0, 0.1) is 21.4 Å². The first-order valence-electron chi connectivity index (χ1n) is 13.3. The summed E-state index contributed by atoms with van der Waals surface area (Å²) in [5, 5.41) is 22.7. The summed E-state index contributed by atoms with van der Waals surface area (Å²) >= 11 is 0. The maximum Gasteiger partial charge on any atom is 0.460 e. The van der Waals surface area contributed by atoms with Crippen molar-refractivity contribution in [1.82, 2.24) is 5.32 Å². The van der Waals surface area contributed by atoms with Crippen molar-refractivity contribution in [2.75, 3.05) is 13.2 Å². The van der Waals surface area contributed by atoms with Crippen LogP contribution in [0.3, 0.4) is 0 Å². The van der Waals surface area contributed by atoms with Crippen LogP contribution in [0.15, 0.2) is 46.8 Å². The molecule has 1 atom stereocenters. The monoisotopic (exact) mass is 731 g/mol. The topological polar surface area (TPSA) is 132 Å². The zero-order valence-electron chi connectivity index (χ0n) is 24.7. The van der Waals surface area contributed by atoms with Crippen LogP contribution in [0.25, 0.3) is 0 Å². The first kappa shape index (κ1) is 40.6. The SMILES string of the molecule is CC1=C(C(=O)OCCC#N)C(c2cccc([N+](=O)[O-])c2)C(C(=O)OCCCC(F)(F)C(F)(F)C(F)(F)C(F)(F)C(F)(F)C(F)(F)F)=C(C)N1. The van der Waals surface area contributed by atoms with Gasteiger partial charge >= 0.3 is 47.7 Å². The molecule has 0 aromatic heterocycles. The summed E-state index contributed by atoms with van der Waals surface area (Å²) < 4.78 is 184. The number of nitriles is 1. The highest BCUT2D eigenvalue weighted by atomic mass is 19.4. The number of hydrogen-bond acceptors (Lipinski definition) is 8. The van der Waals surface area contributed by atoms with Crippen molar-refractivity contribution in [2.45, 2.75) is 74.8 Å². The largest absolute Gasteiger partial charge is 0.462 e. The van der Waals surface area contributed by atoms with Crippen molar-refractivity contribution in [3.05, 3.63) is 62.5 Å². The number of allylic oxidation sites excluding steroid dienone is 2. The average molecular weight is 731 g/mol. The van der Waals surface area contributed by atoms with Gasteiger partial charge in [0.15, 0.2) is 0 Å². The van der Waals surface area contributed by atoms with Crippen LogP contribution in [-0.2, 0) is 19.1 Å². The Balaban J connectivity index is 2.37. The molecule has 49 heavy (non-hydrogen) atoms. The molecule has 0 bridgehead atoms. The smallest absolute Gasteiger partial charge is 0.460 e. The summed E-state index contributed by atoms with van der Waals surface area (Å²) in [6, 6.07) is 5.99. The van der Waals surface area contributed by atoms with Gasteiger partial charge in [-0.3, -0.25) is 10.1 Å². The summed E-state index contributed by atoms with van der Waals surface area (Å²) in [4.78, 5) is 36.6. The third-order valence-corrected chi connectivity index (χ3v) is 6.93. The number of alkyl halides is 13. The number of nitrogens with zero attached hydrogens (tertiary/aromatic N) is 2. The van der Waals surface area contributed by atoms with E-state index in [0.717, 1.165) is 18.2 Å². The van der Waals surface area contributed by atoms with Gasteiger partial charge in [0.1, 0.15) is 6.61 Å². The molecule has 1 aromatic rings. The number of ether oxygens (including phenoxy) is 2. The number of carbonyl (C=O) groups excluding carboxylic acids is 2. The lowest BCUT2D eigenvalue weighted by molar-refractivity contribution is -0.440. The number of carbonyl (C=O) groups is 2. The van der Waals surface area contributed by atoms with Gasteiger partial charge in [0.2, 0.25) is 0 Å². The van der Waals surface area contributed by atoms with E-state index in [0.29, 0.717) is 0 Å². The van der Waals surface area contributed by atoms with Gasteiger partial charge in [0.05, 0.1) is 41.1 Å². The second-order valence-corrected chi connectivity index (χ2v) is 10.3. The summed E-state index contributed by atoms with van der Waals surface area (Å²) in [6.07, 6.45) is -12.0. The Morgan fingerprint density at radius 3 is 1.80 bits per heavy atom. The number of nitro groups is 1. The van der Waals surface area contributed by atoms with Gasteiger partial charge in [0.25, 0.3) is 5.69 Å². The second-order valence-electron chi connectivity index (χ2n) is 10.3. The van der Waals surface area contributed by atoms with E-state index in [2.05, 4.69) is 5.32 Å². The Morgan fingerprint density at radius 2 is 1.33 bits per heavy atom. The molecule has 1 aromatic carbocycles. The summed E-state index contributed by atoms with van der Waals surface area (Å²) in [6.45, 7) is 0.654. The van der Waals surface area contributed by atoms with Gasteiger partial charge in [-0.2, -0.15) is 62.3 Å². The fourth-order valence-electron chi connectivity index (χ4n) is 4.45. The summed E-state index contributed by atoms with van der Waals surface area (Å²) in [7, 11) is 0. The lowest BCUT2D eigenvalue weighted by Crippen LogP contribution is -2.70. The minimum atomic E-state index is -8.06. The van der Waals surface area contributed by atoms with Gasteiger partial charge in [-0.05, 0) is 25.8 Å². The van der Waals surface area contributed by atoms with Crippen LogP contribution in [0.5, 0.6) is 0 Å². The molecule has 1 unspecified atom stereocenters. The van der Waals surface area contributed by atoms with E-state index in [1.807, 2.05) is 0 Å². The normalized spacial score (nSPS) is 16.6. The quantitative estimate of drug-likeness (QED) is 0.0691. The highest BCUT2D eigenvalue weighted by Gasteiger charge is 2.90. The molecule has 1 heterocycles. The molecule has 1 aliphatic heterocycles. The van der Waals surface area contributed by atoms with Gasteiger partial charge in [-0.15, -0.1) is 0 Å². The van der Waals surface area contributed by atoms with Crippen LogP contribution in [0.1, 0.15) is 44.6 Å². The number of hydrogen-bond donors (Lipinski definition) is 1. The zero-order chi connectivity index (χ0) is 38.0. The van der Waals surface area contributed by atoms with E-state index in [1.54, 1.807) is 6.07 Å². The Bertz CT molecular complexity index is 1570. The average Bonchev–Trinajstić information content (AvgIpc) is 2.97. The number of nitro benzene ring substituents is 1. The number of non-ortho nitro benzene ring substituents is 1. The third-order valence-electron chi connectivity index (χ3n) is 6.93. The molecular formula is C27H22F13N3O6. The van der Waals surface area contributed by atoms with E-state index < -0.39 is 95.9 Å². The fourth-order valence-corrected chi connectivity index (χ4v) is 4.45. The van der Waals surface area contributed by atoms with Gasteiger partial charge in [0, 0.05) is 29.9 Å². The molecular weight excluding hydrogens is 709 g/mol. The molecule has 272 valence electrons. The maximum atomic E-state index is 14.2. The molecule has 0 aliphatic carbocycles. The van der Waals surface area contributed by atoms with E-state index in [-0.39, 0.29) is 29.0 Å². The van der Waals surface area contributed by atoms with Crippen molar-refractivity contribution in [3.8, 4) is 6.07 Å². The van der Waals surface area contributed by atoms with Crippen LogP contribution in [0.2, 0.25) is 0 Å². The molecule has 0 fully saturated rings. The second kappa shape index (κ2) is 14.1. The predicted molar refractivity (Wildman–Crippen MR) is 137 cm³/mol. The van der Waals surface area contributed by atoms with Crippen LogP contribution >= 0.6 is 0 Å². The molecule has 0 saturated heterocycles. The molecule has 0 radical (unpaired) electrons. The number of nitrogens with one attached hydrogen (secondary N) is 1.